The van der Waals surface area contributed by atoms with Crippen molar-refractivity contribution in [1.82, 2.24) is 14.8 Å². The van der Waals surface area contributed by atoms with Crippen molar-refractivity contribution in [2.75, 3.05) is 0 Å². The molecule has 0 radical (unpaired) electrons. The van der Waals surface area contributed by atoms with Crippen molar-refractivity contribution in [2.24, 2.45) is 27.5 Å². The van der Waals surface area contributed by atoms with Gasteiger partial charge in [-0.05, 0) is 12.1 Å². The zero-order valence-electron chi connectivity index (χ0n) is 11.9. The molecule has 0 fully saturated rings. The molecule has 2 N–H and O–H groups in total. The Morgan fingerprint density at radius 1 is 1.04 bits per heavy atom. The van der Waals surface area contributed by atoms with Gasteiger partial charge in [0.05, 0.1) is 6.20 Å². The molecule has 116 valence electrons. The predicted octanol–water partition coefficient (Wildman–Crippen LogP) is 4.12. The first-order valence-corrected chi connectivity index (χ1v) is 7.29. The normalized spacial score (nSPS) is 11.7. The summed E-state index contributed by atoms with van der Waals surface area (Å²) in [6.07, 6.45) is 3.16. The summed E-state index contributed by atoms with van der Waals surface area (Å²) in [7, 11) is 1.70. The van der Waals surface area contributed by atoms with E-state index in [0.29, 0.717) is 10.9 Å². The molecule has 1 aromatic carbocycles. The average molecular weight is 329 g/mol. The number of thiazole rings is 1. The second-order valence-electron chi connectivity index (χ2n) is 4.33. The maximum Gasteiger partial charge on any atom is 0.229 e. The maximum atomic E-state index is 10.2. The zero-order chi connectivity index (χ0) is 16.2. The highest BCUT2D eigenvalue weighted by molar-refractivity contribution is 7.13. The van der Waals surface area contributed by atoms with Crippen molar-refractivity contribution in [3.63, 3.8) is 0 Å². The van der Waals surface area contributed by atoms with Gasteiger partial charge >= 0.3 is 0 Å². The Balaban J connectivity index is 1.93. The molecule has 2 aromatic heterocycles. The first kappa shape index (κ1) is 14.8. The Hall–Kier alpha value is -3.14. The molecule has 10 heteroatoms. The van der Waals surface area contributed by atoms with Crippen molar-refractivity contribution in [3.8, 4) is 11.5 Å². The van der Waals surface area contributed by atoms with Gasteiger partial charge in [-0.2, -0.15) is 5.10 Å². The minimum atomic E-state index is -0.323. The fourth-order valence-electron chi connectivity index (χ4n) is 1.67. The third kappa shape index (κ3) is 3.21. The van der Waals surface area contributed by atoms with Crippen LogP contribution in [0.4, 0.5) is 22.3 Å². The molecule has 0 saturated carbocycles. The number of phenols is 2. The third-order valence-electron chi connectivity index (χ3n) is 2.82. The molecule has 0 bridgehead atoms. The van der Waals surface area contributed by atoms with Crippen molar-refractivity contribution in [3.05, 3.63) is 36.0 Å². The van der Waals surface area contributed by atoms with E-state index in [-0.39, 0.29) is 22.9 Å². The second kappa shape index (κ2) is 6.32. The predicted molar refractivity (Wildman–Crippen MR) is 83.4 cm³/mol. The number of rotatable bonds is 4. The zero-order valence-corrected chi connectivity index (χ0v) is 12.7. The minimum absolute atomic E-state index is 0.0956. The molecule has 0 aliphatic rings. The SMILES string of the molecule is Cn1nccc1/N=N/c1c(O)ccc(/N=N/c2nccs2)c1O. The average Bonchev–Trinajstić information content (AvgIpc) is 3.18. The summed E-state index contributed by atoms with van der Waals surface area (Å²) in [4.78, 5) is 3.96. The lowest BCUT2D eigenvalue weighted by molar-refractivity contribution is 0.453. The van der Waals surface area contributed by atoms with Crippen LogP contribution in [-0.2, 0) is 7.05 Å². The van der Waals surface area contributed by atoms with E-state index in [1.165, 1.54) is 28.2 Å². The highest BCUT2D eigenvalue weighted by atomic mass is 32.1. The first-order chi connectivity index (χ1) is 11.1. The van der Waals surface area contributed by atoms with Crippen molar-refractivity contribution >= 4 is 33.7 Å². The quantitative estimate of drug-likeness (QED) is 0.699. The Labute approximate surface area is 134 Å². The Morgan fingerprint density at radius 2 is 1.91 bits per heavy atom. The van der Waals surface area contributed by atoms with E-state index in [4.69, 9.17) is 0 Å². The van der Waals surface area contributed by atoms with Crippen LogP contribution in [0.15, 0.2) is 56.4 Å². The topological polar surface area (TPSA) is 121 Å². The van der Waals surface area contributed by atoms with Gasteiger partial charge in [-0.3, -0.25) is 0 Å². The molecule has 0 atom stereocenters. The van der Waals surface area contributed by atoms with Crippen molar-refractivity contribution in [2.45, 2.75) is 0 Å². The molecule has 9 nitrogen and oxygen atoms in total. The van der Waals surface area contributed by atoms with Gasteiger partial charge in [0, 0.05) is 24.7 Å². The van der Waals surface area contributed by atoms with Gasteiger partial charge in [0.15, 0.2) is 17.3 Å². The summed E-state index contributed by atoms with van der Waals surface area (Å²) < 4.78 is 1.50. The number of hydrogen-bond acceptors (Lipinski definition) is 9. The number of nitrogens with zero attached hydrogens (tertiary/aromatic N) is 7. The van der Waals surface area contributed by atoms with E-state index in [1.54, 1.807) is 30.9 Å². The second-order valence-corrected chi connectivity index (χ2v) is 5.20. The largest absolute Gasteiger partial charge is 0.505 e. The number of azo groups is 2. The number of benzene rings is 1. The van der Waals surface area contributed by atoms with Crippen molar-refractivity contribution in [1.29, 1.82) is 0 Å². The lowest BCUT2D eigenvalue weighted by Crippen LogP contribution is -1.86. The molecular formula is C13H11N7O2S. The number of hydrogen-bond donors (Lipinski definition) is 2. The monoisotopic (exact) mass is 329 g/mol. The standard InChI is InChI=1S/C13H11N7O2S/c1-20-10(4-5-15-20)17-18-11-9(21)3-2-8(12(11)22)16-19-13-14-6-7-23-13/h2-7,21-22H,1H3/b18-17+,19-16+. The molecule has 23 heavy (non-hydrogen) atoms. The lowest BCUT2D eigenvalue weighted by atomic mass is 10.2. The summed E-state index contributed by atoms with van der Waals surface area (Å²) in [5.41, 5.74) is 0.0544. The number of aromatic nitrogens is 3. The van der Waals surface area contributed by atoms with E-state index >= 15 is 0 Å². The van der Waals surface area contributed by atoms with E-state index < -0.39 is 0 Å². The molecule has 0 unspecified atom stereocenters. The van der Waals surface area contributed by atoms with E-state index in [1.807, 2.05) is 0 Å². The van der Waals surface area contributed by atoms with Crippen LogP contribution in [-0.4, -0.2) is 25.0 Å². The smallest absolute Gasteiger partial charge is 0.229 e. The molecule has 3 rings (SSSR count). The third-order valence-corrected chi connectivity index (χ3v) is 3.47. The Morgan fingerprint density at radius 3 is 2.61 bits per heavy atom. The van der Waals surface area contributed by atoms with Gasteiger partial charge < -0.3 is 10.2 Å². The van der Waals surface area contributed by atoms with Crippen LogP contribution in [0.2, 0.25) is 0 Å². The highest BCUT2D eigenvalue weighted by Gasteiger charge is 2.12. The molecule has 2 heterocycles. The van der Waals surface area contributed by atoms with Gasteiger partial charge in [0.25, 0.3) is 0 Å². The number of aromatic hydroxyl groups is 2. The summed E-state index contributed by atoms with van der Waals surface area (Å²) in [5, 5.41) is 41.8. The van der Waals surface area contributed by atoms with E-state index in [0.717, 1.165) is 0 Å². The Kier molecular flexibility index (Phi) is 4.06. The minimum Gasteiger partial charge on any atom is -0.505 e. The molecule has 3 aromatic rings. The molecule has 0 amide bonds. The van der Waals surface area contributed by atoms with Crippen LogP contribution >= 0.6 is 11.3 Å². The first-order valence-electron chi connectivity index (χ1n) is 6.41. The van der Waals surface area contributed by atoms with Gasteiger partial charge in [0.1, 0.15) is 11.4 Å². The lowest BCUT2D eigenvalue weighted by Gasteiger charge is -2.03. The molecule has 0 saturated heterocycles. The number of phenolic OH excluding ortho intramolecular Hbond substituents is 2. The van der Waals surface area contributed by atoms with Crippen LogP contribution in [0.25, 0.3) is 0 Å². The van der Waals surface area contributed by atoms with E-state index in [2.05, 4.69) is 30.5 Å². The van der Waals surface area contributed by atoms with Crippen LogP contribution in [0.3, 0.4) is 0 Å². The molecule has 0 aliphatic heterocycles. The summed E-state index contributed by atoms with van der Waals surface area (Å²) in [5.74, 6) is -0.0727. The Bertz CT molecular complexity index is 871. The maximum absolute atomic E-state index is 10.2. The number of aryl methyl sites for hydroxylation is 1. The van der Waals surface area contributed by atoms with Gasteiger partial charge in [-0.15, -0.1) is 31.8 Å². The summed E-state index contributed by atoms with van der Waals surface area (Å²) >= 11 is 1.31. The van der Waals surface area contributed by atoms with Gasteiger partial charge in [-0.1, -0.05) is 0 Å². The highest BCUT2D eigenvalue weighted by Crippen LogP contribution is 2.43. The van der Waals surface area contributed by atoms with Crippen LogP contribution in [0, 0.1) is 0 Å². The molecule has 0 aliphatic carbocycles. The summed E-state index contributed by atoms with van der Waals surface area (Å²) in [6.45, 7) is 0. The van der Waals surface area contributed by atoms with Crippen LogP contribution in [0.5, 0.6) is 11.5 Å². The van der Waals surface area contributed by atoms with Crippen LogP contribution in [0.1, 0.15) is 0 Å². The fourth-order valence-corrected chi connectivity index (χ4v) is 2.12. The van der Waals surface area contributed by atoms with Gasteiger partial charge in [0.2, 0.25) is 5.13 Å². The summed E-state index contributed by atoms with van der Waals surface area (Å²) in [6, 6.07) is 4.42. The fraction of sp³-hybridized carbons (Fsp3) is 0.0769. The molecular weight excluding hydrogens is 318 g/mol. The van der Waals surface area contributed by atoms with Crippen molar-refractivity contribution < 1.29 is 10.2 Å². The molecule has 0 spiro atoms. The van der Waals surface area contributed by atoms with E-state index in [9.17, 15) is 10.2 Å². The van der Waals surface area contributed by atoms with Gasteiger partial charge in [-0.25, -0.2) is 9.67 Å². The van der Waals surface area contributed by atoms with Crippen LogP contribution < -0.4 is 0 Å².